The van der Waals surface area contributed by atoms with E-state index in [4.69, 9.17) is 4.42 Å². The topological polar surface area (TPSA) is 22.9 Å². The zero-order valence-electron chi connectivity index (χ0n) is 55.4. The molecule has 0 N–H and O–H groups in total. The first-order chi connectivity index (χ1) is 45.1. The van der Waals surface area contributed by atoms with Crippen LogP contribution in [-0.2, 0) is 21.7 Å². The van der Waals surface area contributed by atoms with Crippen molar-refractivity contribution in [2.75, 3.05) is 14.7 Å². The standard InChI is InChI=1S/C87H82BN3OS/c1-54-47-75-80-76(48-54)91(73-35-24-32-63-62-30-18-21-36-77(62)92-82(63)73)74-51-59(89(58-39-37-57(38-40-58)84(2,3)4)72-34-20-17-29-61(72)55-25-12-9-13-26-55)41-42-71(74)88(80)83-81(66-52-68-69(53-78(66)93-83)86(7,8)46-45-85(68,5)6)90(75)60-49-65(56-27-14-10-15-28-56)79-64-31-16-19-33-67(64)87(70(79)50-60)43-22-11-23-44-87/h9,12-13,16-21,24-26,29-42,47-53,56H,10-11,14-15,22-23,27-28,43-46H2,1-8H3. The maximum Gasteiger partial charge on any atom is 0.264 e. The third kappa shape index (κ3) is 8.68. The Kier molecular flexibility index (Phi) is 12.9. The molecule has 18 rings (SSSR count). The summed E-state index contributed by atoms with van der Waals surface area (Å²) in [7, 11) is 0. The Labute approximate surface area is 554 Å². The first-order valence-electron chi connectivity index (χ1n) is 34.9. The van der Waals surface area contributed by atoms with Crippen LogP contribution in [0, 0.1) is 6.92 Å². The van der Waals surface area contributed by atoms with E-state index in [9.17, 15) is 0 Å². The van der Waals surface area contributed by atoms with Crippen molar-refractivity contribution >= 4 is 117 Å². The minimum absolute atomic E-state index is 0.00589. The van der Waals surface area contributed by atoms with Gasteiger partial charge in [0.2, 0.25) is 0 Å². The van der Waals surface area contributed by atoms with Crippen LogP contribution in [0.3, 0.4) is 0 Å². The second-order valence-electron chi connectivity index (χ2n) is 30.8. The Hall–Kier alpha value is -8.58. The zero-order valence-corrected chi connectivity index (χ0v) is 56.2. The average molecular weight is 1230 g/mol. The van der Waals surface area contributed by atoms with Crippen LogP contribution in [0.4, 0.5) is 51.2 Å². The van der Waals surface area contributed by atoms with Gasteiger partial charge in [-0.2, -0.15) is 0 Å². The molecular weight excluding hydrogens is 1150 g/mol. The van der Waals surface area contributed by atoms with Gasteiger partial charge < -0.3 is 19.1 Å². The van der Waals surface area contributed by atoms with Crippen LogP contribution in [0.1, 0.15) is 170 Å². The van der Waals surface area contributed by atoms with Crippen LogP contribution in [0.2, 0.25) is 0 Å². The molecule has 460 valence electrons. The molecule has 10 aromatic carbocycles. The van der Waals surface area contributed by atoms with Gasteiger partial charge in [0.15, 0.2) is 5.58 Å². The first-order valence-corrected chi connectivity index (χ1v) is 35.7. The largest absolute Gasteiger partial charge is 0.454 e. The van der Waals surface area contributed by atoms with Gasteiger partial charge in [-0.05, 0) is 213 Å². The molecule has 0 radical (unpaired) electrons. The lowest BCUT2D eigenvalue weighted by Gasteiger charge is -2.44. The lowest BCUT2D eigenvalue weighted by molar-refractivity contribution is 0.332. The fourth-order valence-corrected chi connectivity index (χ4v) is 19.8. The zero-order chi connectivity index (χ0) is 62.9. The summed E-state index contributed by atoms with van der Waals surface area (Å²) in [5, 5.41) is 3.64. The van der Waals surface area contributed by atoms with Gasteiger partial charge in [-0.1, -0.05) is 208 Å². The number of benzene rings is 10. The second-order valence-corrected chi connectivity index (χ2v) is 31.9. The number of rotatable bonds is 7. The van der Waals surface area contributed by atoms with Crippen LogP contribution >= 0.6 is 11.3 Å². The van der Waals surface area contributed by atoms with Crippen molar-refractivity contribution in [2.24, 2.45) is 0 Å². The van der Waals surface area contributed by atoms with Crippen molar-refractivity contribution in [1.82, 2.24) is 0 Å². The Bertz CT molecular complexity index is 5030. The second kappa shape index (κ2) is 21.0. The fraction of sp³-hybridized carbons (Fsp3) is 0.287. The van der Waals surface area contributed by atoms with E-state index >= 15 is 0 Å². The van der Waals surface area contributed by atoms with Crippen LogP contribution in [0.25, 0.3) is 54.3 Å². The summed E-state index contributed by atoms with van der Waals surface area (Å²) in [6.45, 7) is 19.2. The summed E-state index contributed by atoms with van der Waals surface area (Å²) in [5.74, 6) is 0.508. The molecule has 2 aliphatic heterocycles. The Morgan fingerprint density at radius 2 is 1.19 bits per heavy atom. The van der Waals surface area contributed by atoms with Gasteiger partial charge in [-0.15, -0.1) is 11.3 Å². The predicted octanol–water partition coefficient (Wildman–Crippen LogP) is 23.3. The minimum Gasteiger partial charge on any atom is -0.454 e. The van der Waals surface area contributed by atoms with E-state index in [1.165, 1.54) is 158 Å². The Morgan fingerprint density at radius 1 is 0.527 bits per heavy atom. The van der Waals surface area contributed by atoms with Crippen LogP contribution in [0.5, 0.6) is 0 Å². The van der Waals surface area contributed by atoms with Gasteiger partial charge in [0, 0.05) is 70.7 Å². The van der Waals surface area contributed by atoms with E-state index in [0.29, 0.717) is 5.92 Å². The molecule has 4 nitrogen and oxygen atoms in total. The van der Waals surface area contributed by atoms with Crippen molar-refractivity contribution in [3.05, 3.63) is 239 Å². The molecule has 4 heterocycles. The smallest absolute Gasteiger partial charge is 0.264 e. The van der Waals surface area contributed by atoms with Crippen LogP contribution in [0.15, 0.2) is 205 Å². The average Bonchev–Trinajstić information content (AvgIpc) is 1.68. The molecule has 0 bridgehead atoms. The lowest BCUT2D eigenvalue weighted by Crippen LogP contribution is -2.60. The van der Waals surface area contributed by atoms with Crippen LogP contribution < -0.4 is 30.4 Å². The van der Waals surface area contributed by atoms with Gasteiger partial charge in [0.05, 0.1) is 17.1 Å². The molecule has 2 saturated carbocycles. The van der Waals surface area contributed by atoms with Gasteiger partial charge in [0.25, 0.3) is 6.71 Å². The van der Waals surface area contributed by atoms with Crippen LogP contribution in [-0.4, -0.2) is 6.71 Å². The molecule has 4 aliphatic carbocycles. The van der Waals surface area contributed by atoms with Gasteiger partial charge >= 0.3 is 0 Å². The Balaban J connectivity index is 0.948. The van der Waals surface area contributed by atoms with Crippen molar-refractivity contribution < 1.29 is 4.42 Å². The number of hydrogen-bond acceptors (Lipinski definition) is 5. The third-order valence-corrected chi connectivity index (χ3v) is 24.5. The molecule has 93 heavy (non-hydrogen) atoms. The molecule has 6 aliphatic rings. The number of hydrogen-bond donors (Lipinski definition) is 0. The summed E-state index contributed by atoms with van der Waals surface area (Å²) >= 11 is 2.07. The van der Waals surface area contributed by atoms with E-state index in [0.717, 1.165) is 56.8 Å². The highest BCUT2D eigenvalue weighted by molar-refractivity contribution is 7.33. The molecule has 2 aromatic heterocycles. The number of furan rings is 1. The summed E-state index contributed by atoms with van der Waals surface area (Å²) in [6, 6.07) is 77.9. The lowest BCUT2D eigenvalue weighted by atomic mass is 9.36. The van der Waals surface area contributed by atoms with Crippen molar-refractivity contribution in [3.8, 4) is 22.3 Å². The SMILES string of the molecule is Cc1cc2c3c(c1)N(c1cccc4c1oc1ccccc14)c1cc(N(c4ccc(C(C)(C)C)cc4)c4ccccc4-c4ccccc4)ccc1B3c1sc3cc4c(cc3c1N2c1cc(C2CCCCC2)c2c(c1)C1(CCCCC1)c1ccccc1-2)C(C)(C)CCC4(C)C. The van der Waals surface area contributed by atoms with E-state index in [1.54, 1.807) is 22.3 Å². The molecule has 2 fully saturated rings. The highest BCUT2D eigenvalue weighted by Gasteiger charge is 2.50. The number of aryl methyl sites for hydroxylation is 1. The molecule has 0 unspecified atom stereocenters. The minimum atomic E-state index is -0.0789. The van der Waals surface area contributed by atoms with Crippen molar-refractivity contribution in [3.63, 3.8) is 0 Å². The number of para-hydroxylation sites is 3. The van der Waals surface area contributed by atoms with E-state index in [1.807, 2.05) is 0 Å². The van der Waals surface area contributed by atoms with E-state index in [2.05, 4.69) is 282 Å². The Morgan fingerprint density at radius 3 is 1.97 bits per heavy atom. The monoisotopic (exact) mass is 1230 g/mol. The number of fused-ring (bicyclic) bond motifs is 15. The van der Waals surface area contributed by atoms with E-state index < -0.39 is 0 Å². The quantitative estimate of drug-likeness (QED) is 0.148. The fourth-order valence-electron chi connectivity index (χ4n) is 18.5. The maximum absolute atomic E-state index is 7.22. The number of thiophene rings is 1. The highest BCUT2D eigenvalue weighted by Crippen LogP contribution is 2.61. The normalized spacial score (nSPS) is 17.5. The molecular formula is C87H82BN3OS. The number of nitrogens with zero attached hydrogens (tertiary/aromatic N) is 3. The molecule has 1 spiro atoms. The molecule has 0 atom stereocenters. The molecule has 0 saturated heterocycles. The molecule has 12 aromatic rings. The third-order valence-electron chi connectivity index (χ3n) is 23.3. The maximum atomic E-state index is 7.22. The van der Waals surface area contributed by atoms with Gasteiger partial charge in [-0.3, -0.25) is 0 Å². The van der Waals surface area contributed by atoms with E-state index in [-0.39, 0.29) is 28.4 Å². The van der Waals surface area contributed by atoms with Crippen molar-refractivity contribution in [2.45, 2.75) is 160 Å². The molecule has 0 amide bonds. The highest BCUT2D eigenvalue weighted by atomic mass is 32.1. The summed E-state index contributed by atoms with van der Waals surface area (Å²) < 4.78 is 10.0. The van der Waals surface area contributed by atoms with Gasteiger partial charge in [-0.25, -0.2) is 0 Å². The number of anilines is 9. The molecule has 6 heteroatoms. The summed E-state index contributed by atoms with van der Waals surface area (Å²) in [4.78, 5) is 7.99. The summed E-state index contributed by atoms with van der Waals surface area (Å²) in [5.41, 5.74) is 31.0. The predicted molar refractivity (Wildman–Crippen MR) is 397 cm³/mol. The summed E-state index contributed by atoms with van der Waals surface area (Å²) in [6.07, 6.45) is 15.0. The van der Waals surface area contributed by atoms with Gasteiger partial charge in [0.1, 0.15) is 5.58 Å². The van der Waals surface area contributed by atoms with Crippen molar-refractivity contribution in [1.29, 1.82) is 0 Å². The first kappa shape index (κ1) is 57.1.